The summed E-state index contributed by atoms with van der Waals surface area (Å²) in [6.45, 7) is 9.14. The third-order valence-electron chi connectivity index (χ3n) is 2.61. The highest BCUT2D eigenvalue weighted by molar-refractivity contribution is 5.31. The molecule has 1 saturated heterocycles. The normalized spacial score (nSPS) is 16.4. The molecule has 0 spiro atoms. The van der Waals surface area contributed by atoms with Gasteiger partial charge in [0.2, 0.25) is 0 Å². The predicted octanol–water partition coefficient (Wildman–Crippen LogP) is 2.91. The van der Waals surface area contributed by atoms with Crippen LogP contribution in [0.25, 0.3) is 0 Å². The summed E-state index contributed by atoms with van der Waals surface area (Å²) in [7, 11) is 0. The Kier molecular flexibility index (Phi) is 3.57. The summed E-state index contributed by atoms with van der Waals surface area (Å²) in [5.74, 6) is 1.78. The highest BCUT2D eigenvalue weighted by Crippen LogP contribution is 2.22. The van der Waals surface area contributed by atoms with Crippen LogP contribution in [0.5, 0.6) is 11.5 Å². The topological polar surface area (TPSA) is 21.7 Å². The van der Waals surface area contributed by atoms with E-state index >= 15 is 0 Å². The van der Waals surface area contributed by atoms with Gasteiger partial charge in [0.15, 0.2) is 0 Å². The van der Waals surface area contributed by atoms with Gasteiger partial charge in [-0.15, -0.1) is 0 Å². The van der Waals surface area contributed by atoms with E-state index in [-0.39, 0.29) is 5.60 Å². The van der Waals surface area contributed by atoms with Crippen molar-refractivity contribution in [2.75, 3.05) is 19.8 Å². The molecular weight excluding hydrogens is 214 g/mol. The average Bonchev–Trinajstić information content (AvgIpc) is 2.16. The van der Waals surface area contributed by atoms with E-state index in [0.29, 0.717) is 6.73 Å². The molecule has 1 aliphatic heterocycles. The van der Waals surface area contributed by atoms with Crippen molar-refractivity contribution in [1.29, 1.82) is 0 Å². The van der Waals surface area contributed by atoms with Gasteiger partial charge in [-0.05, 0) is 51.5 Å². The number of rotatable bonds is 4. The van der Waals surface area contributed by atoms with E-state index in [0.717, 1.165) is 24.6 Å². The van der Waals surface area contributed by atoms with Crippen LogP contribution in [-0.4, -0.2) is 30.3 Å². The molecule has 17 heavy (non-hydrogen) atoms. The number of benzene rings is 1. The minimum Gasteiger partial charge on any atom is -0.488 e. The molecule has 1 aromatic rings. The Morgan fingerprint density at radius 3 is 2.12 bits per heavy atom. The smallest absolute Gasteiger partial charge is 0.142 e. The second-order valence-electron chi connectivity index (χ2n) is 5.43. The van der Waals surface area contributed by atoms with Crippen LogP contribution >= 0.6 is 0 Å². The molecule has 0 N–H and O–H groups in total. The monoisotopic (exact) mass is 235 g/mol. The van der Waals surface area contributed by atoms with Gasteiger partial charge in [-0.3, -0.25) is 4.90 Å². The van der Waals surface area contributed by atoms with Crippen LogP contribution in [0.4, 0.5) is 0 Å². The van der Waals surface area contributed by atoms with Crippen molar-refractivity contribution in [2.24, 2.45) is 0 Å². The first-order valence-electron chi connectivity index (χ1n) is 6.17. The van der Waals surface area contributed by atoms with E-state index in [1.807, 2.05) is 45.0 Å². The van der Waals surface area contributed by atoms with E-state index < -0.39 is 0 Å². The largest absolute Gasteiger partial charge is 0.488 e. The molecule has 0 atom stereocenters. The van der Waals surface area contributed by atoms with Crippen LogP contribution in [0.1, 0.15) is 27.2 Å². The van der Waals surface area contributed by atoms with Gasteiger partial charge in [0, 0.05) is 13.1 Å². The third kappa shape index (κ3) is 3.93. The number of hydrogen-bond acceptors (Lipinski definition) is 3. The highest BCUT2D eigenvalue weighted by atomic mass is 16.5. The molecule has 0 amide bonds. The van der Waals surface area contributed by atoms with Gasteiger partial charge in [0.1, 0.15) is 23.8 Å². The quantitative estimate of drug-likeness (QED) is 0.801. The fourth-order valence-electron chi connectivity index (χ4n) is 1.63. The second-order valence-corrected chi connectivity index (χ2v) is 5.43. The minimum absolute atomic E-state index is 0.153. The maximum Gasteiger partial charge on any atom is 0.142 e. The molecule has 1 aromatic carbocycles. The van der Waals surface area contributed by atoms with Crippen molar-refractivity contribution in [3.05, 3.63) is 24.3 Å². The Bertz CT molecular complexity index is 349. The Labute approximate surface area is 103 Å². The summed E-state index contributed by atoms with van der Waals surface area (Å²) < 4.78 is 11.4. The Morgan fingerprint density at radius 1 is 1.06 bits per heavy atom. The van der Waals surface area contributed by atoms with Crippen LogP contribution in [0.2, 0.25) is 0 Å². The summed E-state index contributed by atoms with van der Waals surface area (Å²) in [6, 6.07) is 7.83. The first-order valence-corrected chi connectivity index (χ1v) is 6.17. The summed E-state index contributed by atoms with van der Waals surface area (Å²) in [4.78, 5) is 2.28. The van der Waals surface area contributed by atoms with Crippen LogP contribution in [0, 0.1) is 0 Å². The Morgan fingerprint density at radius 2 is 1.65 bits per heavy atom. The van der Waals surface area contributed by atoms with Gasteiger partial charge in [-0.2, -0.15) is 0 Å². The van der Waals surface area contributed by atoms with E-state index in [1.165, 1.54) is 6.42 Å². The third-order valence-corrected chi connectivity index (χ3v) is 2.61. The molecule has 0 radical (unpaired) electrons. The highest BCUT2D eigenvalue weighted by Gasteiger charge is 2.14. The molecule has 3 heteroatoms. The molecule has 0 aromatic heterocycles. The molecule has 1 aliphatic rings. The first kappa shape index (κ1) is 12.2. The number of nitrogens with zero attached hydrogens (tertiary/aromatic N) is 1. The van der Waals surface area contributed by atoms with Crippen molar-refractivity contribution < 1.29 is 9.47 Å². The SMILES string of the molecule is CC(C)(C)Oc1ccc(OCN2CCC2)cc1. The lowest BCUT2D eigenvalue weighted by atomic mass is 10.2. The molecular formula is C14H21NO2. The van der Waals surface area contributed by atoms with Crippen LogP contribution in [0.3, 0.4) is 0 Å². The van der Waals surface area contributed by atoms with E-state index in [9.17, 15) is 0 Å². The van der Waals surface area contributed by atoms with Gasteiger partial charge in [-0.25, -0.2) is 0 Å². The van der Waals surface area contributed by atoms with Gasteiger partial charge in [-0.1, -0.05) is 0 Å². The lowest BCUT2D eigenvalue weighted by molar-refractivity contribution is 0.0729. The molecule has 94 valence electrons. The molecule has 1 heterocycles. The lowest BCUT2D eigenvalue weighted by Gasteiger charge is -2.30. The molecule has 1 fully saturated rings. The minimum atomic E-state index is -0.153. The van der Waals surface area contributed by atoms with Crippen molar-refractivity contribution >= 4 is 0 Å². The standard InChI is InChI=1S/C14H21NO2/c1-14(2,3)17-13-7-5-12(6-8-13)16-11-15-9-4-10-15/h5-8H,4,9-11H2,1-3H3. The van der Waals surface area contributed by atoms with E-state index in [1.54, 1.807) is 0 Å². The van der Waals surface area contributed by atoms with Crippen LogP contribution < -0.4 is 9.47 Å². The van der Waals surface area contributed by atoms with Crippen molar-refractivity contribution in [3.8, 4) is 11.5 Å². The van der Waals surface area contributed by atoms with E-state index in [2.05, 4.69) is 4.90 Å². The zero-order valence-electron chi connectivity index (χ0n) is 10.9. The van der Waals surface area contributed by atoms with Crippen molar-refractivity contribution in [3.63, 3.8) is 0 Å². The molecule has 0 unspecified atom stereocenters. The fourth-order valence-corrected chi connectivity index (χ4v) is 1.63. The van der Waals surface area contributed by atoms with E-state index in [4.69, 9.17) is 9.47 Å². The average molecular weight is 235 g/mol. The van der Waals surface area contributed by atoms with Gasteiger partial charge in [0.25, 0.3) is 0 Å². The van der Waals surface area contributed by atoms with Crippen LogP contribution in [0.15, 0.2) is 24.3 Å². The maximum absolute atomic E-state index is 5.75. The summed E-state index contributed by atoms with van der Waals surface area (Å²) in [6.07, 6.45) is 1.29. The van der Waals surface area contributed by atoms with Gasteiger partial charge < -0.3 is 9.47 Å². The molecule has 0 bridgehead atoms. The zero-order valence-corrected chi connectivity index (χ0v) is 10.9. The summed E-state index contributed by atoms with van der Waals surface area (Å²) in [5, 5.41) is 0. The zero-order chi connectivity index (χ0) is 12.3. The summed E-state index contributed by atoms with van der Waals surface area (Å²) in [5.41, 5.74) is -0.153. The first-order chi connectivity index (χ1) is 8.03. The predicted molar refractivity (Wildman–Crippen MR) is 68.5 cm³/mol. The Hall–Kier alpha value is -1.22. The molecule has 0 aliphatic carbocycles. The number of hydrogen-bond donors (Lipinski definition) is 0. The fraction of sp³-hybridized carbons (Fsp3) is 0.571. The van der Waals surface area contributed by atoms with Crippen LogP contribution in [-0.2, 0) is 0 Å². The molecule has 0 saturated carbocycles. The molecule has 3 nitrogen and oxygen atoms in total. The maximum atomic E-state index is 5.75. The van der Waals surface area contributed by atoms with Gasteiger partial charge >= 0.3 is 0 Å². The second kappa shape index (κ2) is 4.96. The number of ether oxygens (including phenoxy) is 2. The summed E-state index contributed by atoms with van der Waals surface area (Å²) >= 11 is 0. The molecule has 2 rings (SSSR count). The Balaban J connectivity index is 1.84. The van der Waals surface area contributed by atoms with Crippen molar-refractivity contribution in [2.45, 2.75) is 32.8 Å². The van der Waals surface area contributed by atoms with Crippen molar-refractivity contribution in [1.82, 2.24) is 4.90 Å². The number of likely N-dealkylation sites (tertiary alicyclic amines) is 1. The van der Waals surface area contributed by atoms with Gasteiger partial charge in [0.05, 0.1) is 0 Å². The lowest BCUT2D eigenvalue weighted by Crippen LogP contribution is -2.39.